The van der Waals surface area contributed by atoms with E-state index in [1.165, 1.54) is 12.1 Å². The molecule has 2 atom stereocenters. The van der Waals surface area contributed by atoms with Gasteiger partial charge in [-0.15, -0.1) is 0 Å². The van der Waals surface area contributed by atoms with Gasteiger partial charge in [-0.3, -0.25) is 19.2 Å². The van der Waals surface area contributed by atoms with Gasteiger partial charge in [0.05, 0.1) is 11.8 Å². The molecule has 28 heavy (non-hydrogen) atoms. The highest BCUT2D eigenvalue weighted by Crippen LogP contribution is 2.33. The van der Waals surface area contributed by atoms with Crippen LogP contribution >= 0.6 is 0 Å². The second-order valence-corrected chi connectivity index (χ2v) is 7.29. The number of carboxylic acids is 1. The first-order valence-corrected chi connectivity index (χ1v) is 9.33. The van der Waals surface area contributed by atoms with Gasteiger partial charge in [-0.05, 0) is 31.0 Å². The van der Waals surface area contributed by atoms with Crippen molar-refractivity contribution in [1.82, 2.24) is 0 Å². The van der Waals surface area contributed by atoms with Crippen LogP contribution in [0.4, 0.5) is 5.69 Å². The predicted octanol–water partition coefficient (Wildman–Crippen LogP) is 3.29. The Labute approximate surface area is 161 Å². The Morgan fingerprint density at radius 2 is 1.39 bits per heavy atom. The van der Waals surface area contributed by atoms with E-state index in [1.807, 2.05) is 0 Å². The number of carboxylic acid groups (broad SMARTS) is 1. The van der Waals surface area contributed by atoms with Gasteiger partial charge in [0, 0.05) is 27.9 Å². The Morgan fingerprint density at radius 3 is 2.04 bits per heavy atom. The third-order valence-corrected chi connectivity index (χ3v) is 5.61. The second kappa shape index (κ2) is 7.03. The number of benzene rings is 2. The number of nitrogens with one attached hydrogen (secondary N) is 1. The molecule has 0 spiro atoms. The van der Waals surface area contributed by atoms with E-state index in [-0.39, 0.29) is 23.0 Å². The number of anilines is 1. The fourth-order valence-electron chi connectivity index (χ4n) is 4.15. The molecule has 142 valence electrons. The largest absolute Gasteiger partial charge is 0.481 e. The van der Waals surface area contributed by atoms with E-state index in [2.05, 4.69) is 5.32 Å². The van der Waals surface area contributed by atoms with Gasteiger partial charge in [0.25, 0.3) is 0 Å². The Bertz CT molecular complexity index is 1010. The molecule has 2 N–H and O–H groups in total. The highest BCUT2D eigenvalue weighted by Gasteiger charge is 2.36. The molecular formula is C22H19NO5. The highest BCUT2D eigenvalue weighted by atomic mass is 16.4. The van der Waals surface area contributed by atoms with Crippen LogP contribution in [0.15, 0.2) is 42.5 Å². The minimum absolute atomic E-state index is 0.221. The maximum absolute atomic E-state index is 12.8. The van der Waals surface area contributed by atoms with Crippen LogP contribution in [0.5, 0.6) is 0 Å². The molecule has 1 fully saturated rings. The lowest BCUT2D eigenvalue weighted by atomic mass is 9.78. The number of carbonyl (C=O) groups is 4. The van der Waals surface area contributed by atoms with Gasteiger partial charge in [-0.25, -0.2) is 0 Å². The van der Waals surface area contributed by atoms with Gasteiger partial charge in [0.1, 0.15) is 0 Å². The molecule has 0 aliphatic heterocycles. The van der Waals surface area contributed by atoms with Crippen LogP contribution < -0.4 is 5.32 Å². The fraction of sp³-hybridized carbons (Fsp3) is 0.273. The summed E-state index contributed by atoms with van der Waals surface area (Å²) in [6.07, 6.45) is 2.63. The first kappa shape index (κ1) is 18.1. The molecule has 2 aromatic carbocycles. The Hall–Kier alpha value is -3.28. The molecule has 0 bridgehead atoms. The number of aliphatic carboxylic acids is 1. The van der Waals surface area contributed by atoms with Crippen molar-refractivity contribution < 1.29 is 24.3 Å². The van der Waals surface area contributed by atoms with E-state index >= 15 is 0 Å². The monoisotopic (exact) mass is 377 g/mol. The molecule has 2 aliphatic carbocycles. The quantitative estimate of drug-likeness (QED) is 0.729. The zero-order chi connectivity index (χ0) is 19.8. The Morgan fingerprint density at radius 1 is 0.821 bits per heavy atom. The van der Waals surface area contributed by atoms with E-state index in [1.54, 1.807) is 30.3 Å². The predicted molar refractivity (Wildman–Crippen MR) is 101 cm³/mol. The van der Waals surface area contributed by atoms with Crippen molar-refractivity contribution in [3.8, 4) is 0 Å². The molecule has 6 heteroatoms. The summed E-state index contributed by atoms with van der Waals surface area (Å²) in [6.45, 7) is 0. The summed E-state index contributed by atoms with van der Waals surface area (Å²) in [5.74, 6) is -3.09. The molecule has 0 unspecified atom stereocenters. The molecule has 0 saturated heterocycles. The maximum atomic E-state index is 12.8. The van der Waals surface area contributed by atoms with Crippen LogP contribution in [0.1, 0.15) is 57.5 Å². The third-order valence-electron chi connectivity index (χ3n) is 5.61. The highest BCUT2D eigenvalue weighted by molar-refractivity contribution is 6.28. The van der Waals surface area contributed by atoms with Gasteiger partial charge >= 0.3 is 5.97 Å². The molecule has 1 amide bonds. The number of rotatable bonds is 3. The summed E-state index contributed by atoms with van der Waals surface area (Å²) >= 11 is 0. The average molecular weight is 377 g/mol. The molecule has 4 rings (SSSR count). The molecule has 2 aliphatic rings. The number of hydrogen-bond acceptors (Lipinski definition) is 4. The topological polar surface area (TPSA) is 101 Å². The lowest BCUT2D eigenvalue weighted by Crippen LogP contribution is -2.36. The normalized spacial score (nSPS) is 20.9. The van der Waals surface area contributed by atoms with Crippen LogP contribution in [-0.2, 0) is 9.59 Å². The maximum Gasteiger partial charge on any atom is 0.307 e. The van der Waals surface area contributed by atoms with Crippen LogP contribution in [0.25, 0.3) is 0 Å². The lowest BCUT2D eigenvalue weighted by Gasteiger charge is -2.27. The third kappa shape index (κ3) is 3.01. The summed E-state index contributed by atoms with van der Waals surface area (Å²) in [5, 5.41) is 12.1. The van der Waals surface area contributed by atoms with Crippen molar-refractivity contribution in [3.05, 3.63) is 64.7 Å². The van der Waals surface area contributed by atoms with Crippen molar-refractivity contribution >= 4 is 29.1 Å². The molecule has 0 heterocycles. The van der Waals surface area contributed by atoms with Gasteiger partial charge < -0.3 is 10.4 Å². The summed E-state index contributed by atoms with van der Waals surface area (Å²) in [4.78, 5) is 49.6. The lowest BCUT2D eigenvalue weighted by molar-refractivity contribution is -0.147. The number of carbonyl (C=O) groups excluding carboxylic acids is 3. The summed E-state index contributed by atoms with van der Waals surface area (Å²) < 4.78 is 0. The first-order valence-electron chi connectivity index (χ1n) is 9.33. The SMILES string of the molecule is O=C1c2ccccc2C(=O)c2cc(NC(=O)[C@@H]3CCCC[C@@H]3C(=O)O)ccc21. The average Bonchev–Trinajstić information content (AvgIpc) is 2.72. The van der Waals surface area contributed by atoms with Gasteiger partial charge in [0.15, 0.2) is 11.6 Å². The van der Waals surface area contributed by atoms with E-state index in [0.717, 1.165) is 12.8 Å². The number of ketones is 2. The Kier molecular flexibility index (Phi) is 4.55. The van der Waals surface area contributed by atoms with E-state index in [9.17, 15) is 24.3 Å². The van der Waals surface area contributed by atoms with E-state index in [0.29, 0.717) is 35.2 Å². The minimum atomic E-state index is -0.956. The van der Waals surface area contributed by atoms with Crippen LogP contribution in [0.2, 0.25) is 0 Å². The molecule has 0 radical (unpaired) electrons. The molecular weight excluding hydrogens is 358 g/mol. The van der Waals surface area contributed by atoms with Crippen LogP contribution in [-0.4, -0.2) is 28.5 Å². The summed E-state index contributed by atoms with van der Waals surface area (Å²) in [6, 6.07) is 11.3. The second-order valence-electron chi connectivity index (χ2n) is 7.29. The van der Waals surface area contributed by atoms with Gasteiger partial charge in [-0.1, -0.05) is 37.1 Å². The molecule has 0 aromatic heterocycles. The molecule has 2 aromatic rings. The smallest absolute Gasteiger partial charge is 0.307 e. The fourth-order valence-corrected chi connectivity index (χ4v) is 4.15. The zero-order valence-corrected chi connectivity index (χ0v) is 15.1. The van der Waals surface area contributed by atoms with Crippen molar-refractivity contribution in [2.45, 2.75) is 25.7 Å². The van der Waals surface area contributed by atoms with Gasteiger partial charge in [0.2, 0.25) is 5.91 Å². The Balaban J connectivity index is 1.61. The molecule has 6 nitrogen and oxygen atoms in total. The van der Waals surface area contributed by atoms with Crippen molar-refractivity contribution in [1.29, 1.82) is 0 Å². The summed E-state index contributed by atoms with van der Waals surface area (Å²) in [7, 11) is 0. The number of hydrogen-bond donors (Lipinski definition) is 2. The minimum Gasteiger partial charge on any atom is -0.481 e. The zero-order valence-electron chi connectivity index (χ0n) is 15.1. The van der Waals surface area contributed by atoms with E-state index < -0.39 is 17.8 Å². The first-order chi connectivity index (χ1) is 13.5. The standard InChI is InChI=1S/C22H19NO5/c24-19-13-5-1-2-6-14(13)20(25)18-11-12(9-10-15(18)19)23-21(26)16-7-3-4-8-17(16)22(27)28/h1-2,5-6,9-11,16-17H,3-4,7-8H2,(H,23,26)(H,27,28)/t16-,17+/m1/s1. The van der Waals surface area contributed by atoms with E-state index in [4.69, 9.17) is 0 Å². The van der Waals surface area contributed by atoms with Crippen LogP contribution in [0.3, 0.4) is 0 Å². The molecule has 1 saturated carbocycles. The van der Waals surface area contributed by atoms with Crippen LogP contribution in [0, 0.1) is 11.8 Å². The van der Waals surface area contributed by atoms with Crippen molar-refractivity contribution in [2.75, 3.05) is 5.32 Å². The number of amides is 1. The number of fused-ring (bicyclic) bond motifs is 2. The summed E-state index contributed by atoms with van der Waals surface area (Å²) in [5.41, 5.74) is 1.67. The van der Waals surface area contributed by atoms with Crippen molar-refractivity contribution in [2.24, 2.45) is 11.8 Å². The van der Waals surface area contributed by atoms with Crippen molar-refractivity contribution in [3.63, 3.8) is 0 Å². The van der Waals surface area contributed by atoms with Gasteiger partial charge in [-0.2, -0.15) is 0 Å².